The van der Waals surface area contributed by atoms with Crippen LogP contribution in [0.25, 0.3) is 0 Å². The molecule has 0 amide bonds. The Morgan fingerprint density at radius 2 is 1.73 bits per heavy atom. The Morgan fingerprint density at radius 1 is 1.13 bits per heavy atom. The molecule has 2 N–H and O–H groups in total. The molecule has 0 fully saturated rings. The molecular weight excluding hydrogens is 188 g/mol. The van der Waals surface area contributed by atoms with Crippen molar-refractivity contribution in [2.75, 3.05) is 13.2 Å². The molecule has 2 nitrogen and oxygen atoms in total. The van der Waals surface area contributed by atoms with E-state index < -0.39 is 5.41 Å². The van der Waals surface area contributed by atoms with Gasteiger partial charge in [-0.3, -0.25) is 0 Å². The van der Waals surface area contributed by atoms with E-state index in [9.17, 15) is 10.2 Å². The maximum Gasteiger partial charge on any atom is 0.0559 e. The molecule has 0 spiro atoms. The molecule has 0 unspecified atom stereocenters. The van der Waals surface area contributed by atoms with Crippen LogP contribution in [0, 0.1) is 11.8 Å². The predicted molar refractivity (Wildman–Crippen MR) is 60.4 cm³/mol. The molecular formula is C13H16O2. The minimum atomic E-state index is -0.635. The van der Waals surface area contributed by atoms with E-state index in [2.05, 4.69) is 11.8 Å². The first kappa shape index (κ1) is 11.8. The van der Waals surface area contributed by atoms with Crippen LogP contribution in [0.1, 0.15) is 18.9 Å². The van der Waals surface area contributed by atoms with Crippen molar-refractivity contribution in [1.82, 2.24) is 0 Å². The highest BCUT2D eigenvalue weighted by atomic mass is 16.3. The third kappa shape index (κ3) is 2.59. The molecule has 1 aromatic rings. The van der Waals surface area contributed by atoms with Gasteiger partial charge in [0.2, 0.25) is 0 Å². The van der Waals surface area contributed by atoms with E-state index in [1.807, 2.05) is 30.3 Å². The average molecular weight is 204 g/mol. The van der Waals surface area contributed by atoms with Gasteiger partial charge in [0.25, 0.3) is 0 Å². The molecule has 0 saturated carbocycles. The number of benzene rings is 1. The highest BCUT2D eigenvalue weighted by molar-refractivity contribution is 5.28. The Hall–Kier alpha value is -1.30. The van der Waals surface area contributed by atoms with Gasteiger partial charge in [-0.25, -0.2) is 0 Å². The van der Waals surface area contributed by atoms with Crippen LogP contribution in [0.2, 0.25) is 0 Å². The van der Waals surface area contributed by atoms with Crippen molar-refractivity contribution in [2.45, 2.75) is 18.8 Å². The summed E-state index contributed by atoms with van der Waals surface area (Å²) >= 11 is 0. The van der Waals surface area contributed by atoms with Crippen molar-refractivity contribution in [1.29, 1.82) is 0 Å². The zero-order valence-corrected chi connectivity index (χ0v) is 8.90. The van der Waals surface area contributed by atoms with Crippen LogP contribution in [-0.4, -0.2) is 23.4 Å². The number of hydrogen-bond acceptors (Lipinski definition) is 2. The lowest BCUT2D eigenvalue weighted by atomic mass is 9.79. The first-order valence-corrected chi connectivity index (χ1v) is 4.96. The van der Waals surface area contributed by atoms with Gasteiger partial charge in [-0.15, -0.1) is 11.8 Å². The minimum Gasteiger partial charge on any atom is -0.395 e. The fourth-order valence-electron chi connectivity index (χ4n) is 1.50. The molecule has 0 saturated heterocycles. The van der Waals surface area contributed by atoms with Crippen LogP contribution >= 0.6 is 0 Å². The van der Waals surface area contributed by atoms with Crippen LogP contribution in [0.15, 0.2) is 30.3 Å². The van der Waals surface area contributed by atoms with E-state index in [4.69, 9.17) is 0 Å². The Balaban J connectivity index is 3.03. The van der Waals surface area contributed by atoms with Crippen LogP contribution in [0.5, 0.6) is 0 Å². The Kier molecular flexibility index (Phi) is 4.36. The Bertz CT molecular complexity index is 342. The molecule has 0 aliphatic heterocycles. The lowest BCUT2D eigenvalue weighted by Gasteiger charge is -2.28. The Morgan fingerprint density at radius 3 is 2.20 bits per heavy atom. The summed E-state index contributed by atoms with van der Waals surface area (Å²) in [6.07, 6.45) is 0.473. The number of rotatable bonds is 4. The van der Waals surface area contributed by atoms with Gasteiger partial charge < -0.3 is 10.2 Å². The van der Waals surface area contributed by atoms with E-state index >= 15 is 0 Å². The smallest absolute Gasteiger partial charge is 0.0559 e. The second-order valence-corrected chi connectivity index (χ2v) is 3.57. The zero-order chi connectivity index (χ0) is 11.1. The zero-order valence-electron chi connectivity index (χ0n) is 8.90. The molecule has 1 aromatic carbocycles. The van der Waals surface area contributed by atoms with Crippen molar-refractivity contribution in [3.05, 3.63) is 35.9 Å². The van der Waals surface area contributed by atoms with Gasteiger partial charge in [0.1, 0.15) is 0 Å². The van der Waals surface area contributed by atoms with Crippen molar-refractivity contribution in [2.24, 2.45) is 0 Å². The van der Waals surface area contributed by atoms with Gasteiger partial charge in [0, 0.05) is 6.42 Å². The van der Waals surface area contributed by atoms with Gasteiger partial charge >= 0.3 is 0 Å². The molecule has 0 aliphatic carbocycles. The van der Waals surface area contributed by atoms with E-state index in [1.54, 1.807) is 6.92 Å². The number of aliphatic hydroxyl groups excluding tert-OH is 2. The van der Waals surface area contributed by atoms with E-state index in [0.29, 0.717) is 6.42 Å². The van der Waals surface area contributed by atoms with E-state index in [-0.39, 0.29) is 13.2 Å². The van der Waals surface area contributed by atoms with Crippen LogP contribution in [-0.2, 0) is 5.41 Å². The van der Waals surface area contributed by atoms with E-state index in [1.165, 1.54) is 0 Å². The third-order valence-corrected chi connectivity index (χ3v) is 2.60. The lowest BCUT2D eigenvalue weighted by Crippen LogP contribution is -2.34. The molecule has 1 rings (SSSR count). The average Bonchev–Trinajstić information content (AvgIpc) is 2.33. The van der Waals surface area contributed by atoms with Gasteiger partial charge in [-0.2, -0.15) is 0 Å². The largest absolute Gasteiger partial charge is 0.395 e. The summed E-state index contributed by atoms with van der Waals surface area (Å²) in [6.45, 7) is 1.56. The number of aliphatic hydroxyl groups is 2. The molecule has 0 bridgehead atoms. The normalized spacial score (nSPS) is 10.6. The number of hydrogen-bond donors (Lipinski definition) is 2. The molecule has 15 heavy (non-hydrogen) atoms. The van der Waals surface area contributed by atoms with Crippen LogP contribution < -0.4 is 0 Å². The third-order valence-electron chi connectivity index (χ3n) is 2.60. The highest BCUT2D eigenvalue weighted by Crippen LogP contribution is 2.26. The second kappa shape index (κ2) is 5.55. The summed E-state index contributed by atoms with van der Waals surface area (Å²) in [5, 5.41) is 18.9. The molecule has 0 aliphatic rings. The minimum absolute atomic E-state index is 0.0950. The Labute approximate surface area is 90.6 Å². The maximum absolute atomic E-state index is 9.43. The fraction of sp³-hybridized carbons (Fsp3) is 0.385. The molecule has 0 aromatic heterocycles. The highest BCUT2D eigenvalue weighted by Gasteiger charge is 2.29. The van der Waals surface area contributed by atoms with Crippen molar-refractivity contribution in [3.63, 3.8) is 0 Å². The quantitative estimate of drug-likeness (QED) is 0.726. The lowest BCUT2D eigenvalue weighted by molar-refractivity contribution is 0.120. The second-order valence-electron chi connectivity index (χ2n) is 3.57. The van der Waals surface area contributed by atoms with Crippen LogP contribution in [0.4, 0.5) is 0 Å². The molecule has 0 radical (unpaired) electrons. The maximum atomic E-state index is 9.43. The van der Waals surface area contributed by atoms with Crippen molar-refractivity contribution >= 4 is 0 Å². The van der Waals surface area contributed by atoms with Crippen molar-refractivity contribution in [3.8, 4) is 11.8 Å². The summed E-state index contributed by atoms with van der Waals surface area (Å²) in [6, 6.07) is 9.52. The topological polar surface area (TPSA) is 40.5 Å². The van der Waals surface area contributed by atoms with Gasteiger partial charge in [-0.1, -0.05) is 30.3 Å². The van der Waals surface area contributed by atoms with Crippen LogP contribution in [0.3, 0.4) is 0 Å². The first-order chi connectivity index (χ1) is 7.29. The summed E-state index contributed by atoms with van der Waals surface area (Å²) in [4.78, 5) is 0. The fourth-order valence-corrected chi connectivity index (χ4v) is 1.50. The summed E-state index contributed by atoms with van der Waals surface area (Å²) in [7, 11) is 0. The van der Waals surface area contributed by atoms with Gasteiger partial charge in [-0.05, 0) is 12.5 Å². The standard InChI is InChI=1S/C13H16O2/c1-2-3-9-13(10-14,11-15)12-7-5-4-6-8-12/h4-8,14-15H,9-11H2,1H3. The monoisotopic (exact) mass is 204 g/mol. The van der Waals surface area contributed by atoms with E-state index in [0.717, 1.165) is 5.56 Å². The predicted octanol–water partition coefficient (Wildman–Crippen LogP) is 1.32. The molecule has 0 atom stereocenters. The SMILES string of the molecule is CC#CCC(CO)(CO)c1ccccc1. The van der Waals surface area contributed by atoms with Gasteiger partial charge in [0.05, 0.1) is 18.6 Å². The van der Waals surface area contributed by atoms with Crippen molar-refractivity contribution < 1.29 is 10.2 Å². The molecule has 2 heteroatoms. The molecule has 0 heterocycles. The van der Waals surface area contributed by atoms with Gasteiger partial charge in [0.15, 0.2) is 0 Å². The summed E-state index contributed by atoms with van der Waals surface area (Å²) in [5.74, 6) is 5.71. The summed E-state index contributed by atoms with van der Waals surface area (Å²) < 4.78 is 0. The molecule has 80 valence electrons. The summed E-state index contributed by atoms with van der Waals surface area (Å²) in [5.41, 5.74) is 0.294. The first-order valence-electron chi connectivity index (χ1n) is 4.96.